The van der Waals surface area contributed by atoms with Gasteiger partial charge in [0.1, 0.15) is 10.6 Å². The molecule has 0 aromatic heterocycles. The Labute approximate surface area is 202 Å². The summed E-state index contributed by atoms with van der Waals surface area (Å²) < 4.78 is 0. The van der Waals surface area contributed by atoms with Crippen LogP contribution in [0.4, 0.5) is 0 Å². The Morgan fingerprint density at radius 2 is 0.926 bits per heavy atom. The second-order valence-electron chi connectivity index (χ2n) is 7.39. The Bertz CT molecular complexity index is 660. The molecule has 0 saturated carbocycles. The smallest absolute Gasteiger partial charge is 0.102 e. The van der Waals surface area contributed by atoms with Crippen LogP contribution in [0, 0.1) is 0 Å². The normalized spacial score (nSPS) is 17.0. The van der Waals surface area contributed by atoms with Gasteiger partial charge in [0.2, 0.25) is 0 Å². The third-order valence-electron chi connectivity index (χ3n) is 6.71. The van der Waals surface area contributed by atoms with Crippen molar-refractivity contribution in [1.29, 1.82) is 0 Å². The average Bonchev–Trinajstić information content (AvgIpc) is 2.73. The van der Waals surface area contributed by atoms with Gasteiger partial charge in [-0.25, -0.2) is 0 Å². The Balaban J connectivity index is 0.00000182. The van der Waals surface area contributed by atoms with Gasteiger partial charge >= 0.3 is 0 Å². The van der Waals surface area contributed by atoms with Crippen LogP contribution in [0.25, 0.3) is 11.1 Å². The molecule has 0 N–H and O–H groups in total. The number of hydrogen-bond acceptors (Lipinski definition) is 0. The van der Waals surface area contributed by atoms with Crippen LogP contribution in [-0.4, -0.2) is 37.0 Å². The first kappa shape index (κ1) is 25.8. The van der Waals surface area contributed by atoms with Crippen molar-refractivity contribution in [3.05, 3.63) is 48.5 Å². The molecule has 0 saturated heterocycles. The molecule has 0 unspecified atom stereocenters. The first-order valence-corrected chi connectivity index (χ1v) is 14.8. The Morgan fingerprint density at radius 3 is 1.26 bits per heavy atom. The molecule has 1 aliphatic rings. The van der Waals surface area contributed by atoms with E-state index in [2.05, 4.69) is 76.2 Å². The monoisotopic (exact) mass is 626 g/mol. The summed E-state index contributed by atoms with van der Waals surface area (Å²) in [4.78, 5) is 0. The zero-order valence-corrected chi connectivity index (χ0v) is 23.3. The van der Waals surface area contributed by atoms with Crippen molar-refractivity contribution in [3.8, 4) is 11.1 Å². The minimum absolute atomic E-state index is 0. The fourth-order valence-electron chi connectivity index (χ4n) is 4.91. The van der Waals surface area contributed by atoms with E-state index in [4.69, 9.17) is 0 Å². The SMILES string of the molecule is CC[P+]1(CC)CCC[P+](CC)(CC)c2ccccc2-c2ccccc21.[I-].[I-]. The second-order valence-corrected chi connectivity index (χ2v) is 16.4. The molecule has 0 fully saturated rings. The number of hydrogen-bond donors (Lipinski definition) is 0. The van der Waals surface area contributed by atoms with Crippen LogP contribution in [0.2, 0.25) is 0 Å². The maximum Gasteiger partial charge on any atom is 0.102 e. The molecule has 0 bridgehead atoms. The van der Waals surface area contributed by atoms with Gasteiger partial charge in [0, 0.05) is 32.1 Å². The van der Waals surface area contributed by atoms with Crippen LogP contribution in [0.3, 0.4) is 0 Å². The standard InChI is InChI=1S/C23H34P2.2HI/c1-5-24(6-2)18-13-19-25(7-3,8-4)23-17-12-10-15-21(23)20-14-9-11-16-22(20)24;;/h9-12,14-17H,5-8,13,18-19H2,1-4H3;2*1H/q+2;;/p-2. The predicted molar refractivity (Wildman–Crippen MR) is 122 cm³/mol. The van der Waals surface area contributed by atoms with Gasteiger partial charge in [0.15, 0.2) is 0 Å². The van der Waals surface area contributed by atoms with Crippen molar-refractivity contribution in [2.24, 2.45) is 0 Å². The lowest BCUT2D eigenvalue weighted by atomic mass is 10.1. The fourth-order valence-corrected chi connectivity index (χ4v) is 12.9. The molecule has 0 nitrogen and oxygen atoms in total. The predicted octanol–water partition coefficient (Wildman–Crippen LogP) is 0.131. The minimum Gasteiger partial charge on any atom is -1.00 e. The van der Waals surface area contributed by atoms with E-state index in [0.717, 1.165) is 0 Å². The summed E-state index contributed by atoms with van der Waals surface area (Å²) in [7, 11) is -2.11. The molecule has 0 amide bonds. The highest BCUT2D eigenvalue weighted by Gasteiger charge is 2.45. The van der Waals surface area contributed by atoms with Gasteiger partial charge in [0.25, 0.3) is 0 Å². The third-order valence-corrected chi connectivity index (χ3v) is 16.7. The van der Waals surface area contributed by atoms with Gasteiger partial charge in [-0.15, -0.1) is 0 Å². The van der Waals surface area contributed by atoms with Crippen LogP contribution in [0.5, 0.6) is 0 Å². The van der Waals surface area contributed by atoms with E-state index in [1.165, 1.54) is 43.4 Å². The van der Waals surface area contributed by atoms with Crippen molar-refractivity contribution in [1.82, 2.24) is 0 Å². The van der Waals surface area contributed by atoms with Crippen molar-refractivity contribution < 1.29 is 48.0 Å². The average molecular weight is 626 g/mol. The van der Waals surface area contributed by atoms with Crippen LogP contribution in [0.1, 0.15) is 34.1 Å². The zero-order chi connectivity index (χ0) is 17.9. The first-order valence-electron chi connectivity index (χ1n) is 10.1. The van der Waals surface area contributed by atoms with E-state index in [-0.39, 0.29) is 48.0 Å². The highest BCUT2D eigenvalue weighted by molar-refractivity contribution is 7.84. The minimum atomic E-state index is -1.06. The molecule has 3 rings (SSSR count). The summed E-state index contributed by atoms with van der Waals surface area (Å²) in [6.45, 7) is 9.78. The molecule has 27 heavy (non-hydrogen) atoms. The van der Waals surface area contributed by atoms with Crippen LogP contribution in [0.15, 0.2) is 48.5 Å². The van der Waals surface area contributed by atoms with Crippen molar-refractivity contribution in [2.75, 3.05) is 37.0 Å². The van der Waals surface area contributed by atoms with Gasteiger partial charge in [0.05, 0.1) is 37.0 Å². The molecule has 4 heteroatoms. The molecule has 0 spiro atoms. The van der Waals surface area contributed by atoms with Crippen LogP contribution < -0.4 is 58.6 Å². The lowest BCUT2D eigenvalue weighted by molar-refractivity contribution is -0.001000. The number of benzene rings is 2. The molecular formula is C23H34I2P2. The Morgan fingerprint density at radius 1 is 0.593 bits per heavy atom. The molecule has 0 atom stereocenters. The number of fused-ring (bicyclic) bond motifs is 3. The Hall–Kier alpha value is 0.760. The lowest BCUT2D eigenvalue weighted by Crippen LogP contribution is -3.00. The lowest BCUT2D eigenvalue weighted by Gasteiger charge is -2.26. The molecule has 2 aromatic rings. The molecular weight excluding hydrogens is 592 g/mol. The Kier molecular flexibility index (Phi) is 10.7. The van der Waals surface area contributed by atoms with Crippen molar-refractivity contribution in [3.63, 3.8) is 0 Å². The molecule has 1 heterocycles. The van der Waals surface area contributed by atoms with Crippen LogP contribution in [-0.2, 0) is 0 Å². The summed E-state index contributed by atoms with van der Waals surface area (Å²) >= 11 is 0. The largest absolute Gasteiger partial charge is 1.00 e. The zero-order valence-electron chi connectivity index (χ0n) is 17.2. The molecule has 1 aliphatic heterocycles. The summed E-state index contributed by atoms with van der Waals surface area (Å²) in [5, 5.41) is 3.42. The van der Waals surface area contributed by atoms with Gasteiger partial charge in [-0.2, -0.15) is 0 Å². The van der Waals surface area contributed by atoms with E-state index in [9.17, 15) is 0 Å². The maximum absolute atomic E-state index is 2.47. The van der Waals surface area contributed by atoms with E-state index in [1.807, 2.05) is 0 Å². The van der Waals surface area contributed by atoms with E-state index in [0.29, 0.717) is 0 Å². The summed E-state index contributed by atoms with van der Waals surface area (Å²) in [5.41, 5.74) is 3.12. The first-order chi connectivity index (χ1) is 12.2. The molecule has 2 aromatic carbocycles. The van der Waals surface area contributed by atoms with Crippen molar-refractivity contribution in [2.45, 2.75) is 34.1 Å². The molecule has 0 radical (unpaired) electrons. The highest BCUT2D eigenvalue weighted by Crippen LogP contribution is 2.64. The van der Waals surface area contributed by atoms with E-state index in [1.54, 1.807) is 21.7 Å². The quantitative estimate of drug-likeness (QED) is 0.335. The highest BCUT2D eigenvalue weighted by atomic mass is 127. The molecule has 0 aliphatic carbocycles. The third kappa shape index (κ3) is 4.75. The van der Waals surface area contributed by atoms with Gasteiger partial charge in [-0.1, -0.05) is 36.4 Å². The summed E-state index contributed by atoms with van der Waals surface area (Å²) in [5.74, 6) is 0. The van der Waals surface area contributed by atoms with Gasteiger partial charge in [-0.3, -0.25) is 0 Å². The molecule has 150 valence electrons. The topological polar surface area (TPSA) is 0 Å². The van der Waals surface area contributed by atoms with E-state index < -0.39 is 14.5 Å². The van der Waals surface area contributed by atoms with Gasteiger partial charge in [-0.05, 0) is 39.8 Å². The van der Waals surface area contributed by atoms with Crippen LogP contribution >= 0.6 is 14.5 Å². The van der Waals surface area contributed by atoms with E-state index >= 15 is 0 Å². The fraction of sp³-hybridized carbons (Fsp3) is 0.478. The second kappa shape index (κ2) is 11.2. The maximum atomic E-state index is 2.47. The van der Waals surface area contributed by atoms with Crippen molar-refractivity contribution >= 4 is 25.1 Å². The number of halogens is 2. The summed E-state index contributed by atoms with van der Waals surface area (Å²) in [6.07, 6.45) is 9.74. The van der Waals surface area contributed by atoms with Gasteiger partial charge < -0.3 is 48.0 Å². The number of rotatable bonds is 4. The summed E-state index contributed by atoms with van der Waals surface area (Å²) in [6, 6.07) is 18.8.